The standard InChI is InChI=1S/C19H17FN4O/c20-16-8-6-14(7-9-16)12-13-21-17-10-11-18(24-23-17)22-19(25)15-4-2-1-3-5-15/h1-11H,12-13H2,(H,21,23)(H,22,24,25). The second kappa shape index (κ2) is 8.01. The molecule has 3 rings (SSSR count). The Morgan fingerprint density at radius 1 is 0.880 bits per heavy atom. The predicted octanol–water partition coefficient (Wildman–Crippen LogP) is 3.52. The van der Waals surface area contributed by atoms with E-state index in [0.717, 1.165) is 12.0 Å². The molecule has 0 fully saturated rings. The van der Waals surface area contributed by atoms with E-state index < -0.39 is 0 Å². The lowest BCUT2D eigenvalue weighted by Crippen LogP contribution is -2.14. The van der Waals surface area contributed by atoms with Gasteiger partial charge in [-0.1, -0.05) is 30.3 Å². The van der Waals surface area contributed by atoms with Gasteiger partial charge in [0.1, 0.15) is 11.6 Å². The zero-order valence-corrected chi connectivity index (χ0v) is 13.4. The Balaban J connectivity index is 1.50. The Labute approximate surface area is 144 Å². The maximum Gasteiger partial charge on any atom is 0.256 e. The summed E-state index contributed by atoms with van der Waals surface area (Å²) in [6.07, 6.45) is 0.744. The van der Waals surface area contributed by atoms with Gasteiger partial charge < -0.3 is 10.6 Å². The van der Waals surface area contributed by atoms with Crippen LogP contribution in [0.4, 0.5) is 16.0 Å². The van der Waals surface area contributed by atoms with Crippen molar-refractivity contribution in [2.75, 3.05) is 17.2 Å². The van der Waals surface area contributed by atoms with Crippen molar-refractivity contribution in [3.8, 4) is 0 Å². The summed E-state index contributed by atoms with van der Waals surface area (Å²) in [5.41, 5.74) is 1.60. The van der Waals surface area contributed by atoms with E-state index in [2.05, 4.69) is 20.8 Å². The molecule has 126 valence electrons. The summed E-state index contributed by atoms with van der Waals surface area (Å²) in [5, 5.41) is 13.9. The van der Waals surface area contributed by atoms with E-state index in [1.807, 2.05) is 6.07 Å². The molecule has 0 spiro atoms. The van der Waals surface area contributed by atoms with E-state index in [1.54, 1.807) is 48.5 Å². The fourth-order valence-corrected chi connectivity index (χ4v) is 2.26. The number of benzene rings is 2. The van der Waals surface area contributed by atoms with Crippen molar-refractivity contribution in [1.82, 2.24) is 10.2 Å². The van der Waals surface area contributed by atoms with Crippen LogP contribution in [0.25, 0.3) is 0 Å². The zero-order valence-electron chi connectivity index (χ0n) is 13.4. The lowest BCUT2D eigenvalue weighted by molar-refractivity contribution is 0.102. The van der Waals surface area contributed by atoms with E-state index in [-0.39, 0.29) is 11.7 Å². The molecule has 5 nitrogen and oxygen atoms in total. The minimum Gasteiger partial charge on any atom is -0.368 e. The van der Waals surface area contributed by atoms with Crippen LogP contribution in [0.1, 0.15) is 15.9 Å². The van der Waals surface area contributed by atoms with Crippen LogP contribution < -0.4 is 10.6 Å². The van der Waals surface area contributed by atoms with Crippen LogP contribution in [0, 0.1) is 5.82 Å². The largest absolute Gasteiger partial charge is 0.368 e. The highest BCUT2D eigenvalue weighted by molar-refractivity contribution is 6.03. The molecule has 0 aliphatic carbocycles. The van der Waals surface area contributed by atoms with Gasteiger partial charge in [-0.25, -0.2) is 4.39 Å². The van der Waals surface area contributed by atoms with Gasteiger partial charge in [-0.05, 0) is 48.4 Å². The molecular formula is C19H17FN4O. The summed E-state index contributed by atoms with van der Waals surface area (Å²) < 4.78 is 12.8. The summed E-state index contributed by atoms with van der Waals surface area (Å²) in [7, 11) is 0. The molecule has 3 aromatic rings. The number of amides is 1. The highest BCUT2D eigenvalue weighted by atomic mass is 19.1. The molecule has 0 atom stereocenters. The average molecular weight is 336 g/mol. The van der Waals surface area contributed by atoms with Crippen molar-refractivity contribution in [3.05, 3.63) is 83.7 Å². The molecule has 1 aromatic heterocycles. The fraction of sp³-hybridized carbons (Fsp3) is 0.105. The Kier molecular flexibility index (Phi) is 5.31. The summed E-state index contributed by atoms with van der Waals surface area (Å²) >= 11 is 0. The van der Waals surface area contributed by atoms with Gasteiger partial charge in [-0.3, -0.25) is 4.79 Å². The highest BCUT2D eigenvalue weighted by Gasteiger charge is 2.06. The molecule has 25 heavy (non-hydrogen) atoms. The second-order valence-corrected chi connectivity index (χ2v) is 5.43. The van der Waals surface area contributed by atoms with Crippen molar-refractivity contribution in [1.29, 1.82) is 0 Å². The van der Waals surface area contributed by atoms with Gasteiger partial charge >= 0.3 is 0 Å². The number of carbonyl (C=O) groups is 1. The van der Waals surface area contributed by atoms with Crippen molar-refractivity contribution in [3.63, 3.8) is 0 Å². The molecule has 0 bridgehead atoms. The first-order valence-corrected chi connectivity index (χ1v) is 7.89. The summed E-state index contributed by atoms with van der Waals surface area (Å²) in [6.45, 7) is 0.649. The normalized spacial score (nSPS) is 10.3. The Hall–Kier alpha value is -3.28. The lowest BCUT2D eigenvalue weighted by Gasteiger charge is -2.07. The van der Waals surface area contributed by atoms with Gasteiger partial charge in [-0.15, -0.1) is 10.2 Å². The molecule has 0 saturated carbocycles. The second-order valence-electron chi connectivity index (χ2n) is 5.43. The number of hydrogen-bond acceptors (Lipinski definition) is 4. The summed E-state index contributed by atoms with van der Waals surface area (Å²) in [4.78, 5) is 12.0. The summed E-state index contributed by atoms with van der Waals surface area (Å²) in [5.74, 6) is 0.528. The average Bonchev–Trinajstić information content (AvgIpc) is 2.65. The monoisotopic (exact) mass is 336 g/mol. The van der Waals surface area contributed by atoms with Crippen molar-refractivity contribution >= 4 is 17.5 Å². The van der Waals surface area contributed by atoms with Crippen molar-refractivity contribution in [2.45, 2.75) is 6.42 Å². The molecule has 0 aliphatic rings. The van der Waals surface area contributed by atoms with E-state index >= 15 is 0 Å². The van der Waals surface area contributed by atoms with Gasteiger partial charge in [-0.2, -0.15) is 0 Å². The molecule has 0 saturated heterocycles. The Morgan fingerprint density at radius 3 is 2.24 bits per heavy atom. The number of nitrogens with zero attached hydrogens (tertiary/aromatic N) is 2. The molecule has 0 unspecified atom stereocenters. The maximum atomic E-state index is 12.8. The van der Waals surface area contributed by atoms with Crippen LogP contribution in [0.3, 0.4) is 0 Å². The zero-order chi connectivity index (χ0) is 17.5. The van der Waals surface area contributed by atoms with Gasteiger partial charge in [0.2, 0.25) is 0 Å². The first kappa shape index (κ1) is 16.6. The summed E-state index contributed by atoms with van der Waals surface area (Å²) in [6, 6.07) is 18.7. The molecule has 1 amide bonds. The van der Waals surface area contributed by atoms with Crippen LogP contribution >= 0.6 is 0 Å². The van der Waals surface area contributed by atoms with Crippen molar-refractivity contribution < 1.29 is 9.18 Å². The van der Waals surface area contributed by atoms with E-state index in [4.69, 9.17) is 0 Å². The van der Waals surface area contributed by atoms with Gasteiger partial charge in [0.15, 0.2) is 5.82 Å². The molecule has 1 heterocycles. The number of anilines is 2. The van der Waals surface area contributed by atoms with Gasteiger partial charge in [0.25, 0.3) is 5.91 Å². The van der Waals surface area contributed by atoms with Gasteiger partial charge in [0.05, 0.1) is 0 Å². The molecule has 6 heteroatoms. The van der Waals surface area contributed by atoms with E-state index in [1.165, 1.54) is 12.1 Å². The third-order valence-electron chi connectivity index (χ3n) is 3.58. The van der Waals surface area contributed by atoms with Crippen LogP contribution in [-0.4, -0.2) is 22.6 Å². The number of halogens is 1. The maximum absolute atomic E-state index is 12.8. The molecule has 2 aromatic carbocycles. The first-order chi connectivity index (χ1) is 12.2. The van der Waals surface area contributed by atoms with E-state index in [0.29, 0.717) is 23.7 Å². The van der Waals surface area contributed by atoms with Crippen LogP contribution in [0.5, 0.6) is 0 Å². The minimum atomic E-state index is -0.240. The number of rotatable bonds is 6. The minimum absolute atomic E-state index is 0.230. The Morgan fingerprint density at radius 2 is 1.56 bits per heavy atom. The number of nitrogens with one attached hydrogen (secondary N) is 2. The molecule has 0 aliphatic heterocycles. The Bertz CT molecular complexity index is 820. The lowest BCUT2D eigenvalue weighted by atomic mass is 10.1. The number of aromatic nitrogens is 2. The molecular weight excluding hydrogens is 319 g/mol. The number of carbonyl (C=O) groups excluding carboxylic acids is 1. The van der Waals surface area contributed by atoms with Crippen molar-refractivity contribution in [2.24, 2.45) is 0 Å². The smallest absolute Gasteiger partial charge is 0.256 e. The number of hydrogen-bond donors (Lipinski definition) is 2. The quantitative estimate of drug-likeness (QED) is 0.723. The third kappa shape index (κ3) is 4.84. The third-order valence-corrected chi connectivity index (χ3v) is 3.58. The predicted molar refractivity (Wildman–Crippen MR) is 95.0 cm³/mol. The van der Waals surface area contributed by atoms with Crippen LogP contribution in [-0.2, 0) is 6.42 Å². The SMILES string of the molecule is O=C(Nc1ccc(NCCc2ccc(F)cc2)nn1)c1ccccc1. The highest BCUT2D eigenvalue weighted by Crippen LogP contribution is 2.09. The molecule has 0 radical (unpaired) electrons. The topological polar surface area (TPSA) is 66.9 Å². The van der Waals surface area contributed by atoms with E-state index in [9.17, 15) is 9.18 Å². The van der Waals surface area contributed by atoms with Crippen LogP contribution in [0.2, 0.25) is 0 Å². The van der Waals surface area contributed by atoms with Gasteiger partial charge in [0, 0.05) is 12.1 Å². The van der Waals surface area contributed by atoms with Crippen LogP contribution in [0.15, 0.2) is 66.7 Å². The first-order valence-electron chi connectivity index (χ1n) is 7.89. The fourth-order valence-electron chi connectivity index (χ4n) is 2.26. The molecule has 2 N–H and O–H groups in total.